The van der Waals surface area contributed by atoms with Crippen LogP contribution in [0.1, 0.15) is 10.6 Å². The van der Waals surface area contributed by atoms with Crippen molar-refractivity contribution in [3.63, 3.8) is 0 Å². The quantitative estimate of drug-likeness (QED) is 0.704. The number of aromatic nitrogens is 5. The zero-order chi connectivity index (χ0) is 17.1. The van der Waals surface area contributed by atoms with Crippen molar-refractivity contribution < 1.29 is 4.79 Å². The van der Waals surface area contributed by atoms with Crippen LogP contribution in [-0.2, 0) is 11.8 Å². The van der Waals surface area contributed by atoms with Gasteiger partial charge in [0, 0.05) is 29.9 Å². The van der Waals surface area contributed by atoms with Gasteiger partial charge in [-0.2, -0.15) is 0 Å². The van der Waals surface area contributed by atoms with Gasteiger partial charge in [-0.15, -0.1) is 21.5 Å². The monoisotopic (exact) mass is 360 g/mol. The maximum absolute atomic E-state index is 12.1. The minimum atomic E-state index is -0.111. The molecule has 9 heteroatoms. The van der Waals surface area contributed by atoms with Crippen LogP contribution in [0, 0.1) is 13.8 Å². The van der Waals surface area contributed by atoms with E-state index < -0.39 is 0 Å². The lowest BCUT2D eigenvalue weighted by Crippen LogP contribution is -2.14. The molecule has 0 aromatic carbocycles. The second-order valence-corrected chi connectivity index (χ2v) is 7.25. The fourth-order valence-corrected chi connectivity index (χ4v) is 3.54. The average molecular weight is 360 g/mol. The molecule has 3 rings (SSSR count). The molecule has 0 saturated carbocycles. The Morgan fingerprint density at radius 1 is 1.38 bits per heavy atom. The van der Waals surface area contributed by atoms with E-state index in [1.54, 1.807) is 12.4 Å². The Labute approximate surface area is 147 Å². The summed E-state index contributed by atoms with van der Waals surface area (Å²) in [6.07, 6.45) is 3.44. The molecule has 1 N–H and O–H groups in total. The summed E-state index contributed by atoms with van der Waals surface area (Å²) in [7, 11) is 1.87. The van der Waals surface area contributed by atoms with Crippen molar-refractivity contribution in [2.45, 2.75) is 19.0 Å². The summed E-state index contributed by atoms with van der Waals surface area (Å²) in [5, 5.41) is 12.4. The Morgan fingerprint density at radius 3 is 2.88 bits per heavy atom. The first-order chi connectivity index (χ1) is 11.5. The molecule has 7 nitrogen and oxygen atoms in total. The molecule has 3 aromatic rings. The standard InChI is InChI=1S/C15H16N6OS2/c1-9-10(2)24-14(17-9)18-12(22)8-23-15-20-19-13(21(15)3)11-5-4-6-16-7-11/h4-7H,8H2,1-3H3,(H,17,18,22). The number of pyridine rings is 1. The Morgan fingerprint density at radius 2 is 2.21 bits per heavy atom. The van der Waals surface area contributed by atoms with E-state index in [4.69, 9.17) is 0 Å². The summed E-state index contributed by atoms with van der Waals surface area (Å²) < 4.78 is 1.85. The number of carbonyl (C=O) groups excluding carboxylic acids is 1. The normalized spacial score (nSPS) is 10.8. The molecule has 0 fully saturated rings. The van der Waals surface area contributed by atoms with Crippen LogP contribution in [0.3, 0.4) is 0 Å². The number of nitrogens with one attached hydrogen (secondary N) is 1. The lowest BCUT2D eigenvalue weighted by Gasteiger charge is -2.03. The summed E-state index contributed by atoms with van der Waals surface area (Å²) in [5.41, 5.74) is 1.83. The summed E-state index contributed by atoms with van der Waals surface area (Å²) in [6.45, 7) is 3.91. The third-order valence-electron chi connectivity index (χ3n) is 3.36. The van der Waals surface area contributed by atoms with Gasteiger partial charge in [0.2, 0.25) is 5.91 Å². The van der Waals surface area contributed by atoms with Gasteiger partial charge in [-0.05, 0) is 26.0 Å². The number of carbonyl (C=O) groups is 1. The fraction of sp³-hybridized carbons (Fsp3) is 0.267. The van der Waals surface area contributed by atoms with Crippen molar-refractivity contribution in [3.8, 4) is 11.4 Å². The van der Waals surface area contributed by atoms with Gasteiger partial charge >= 0.3 is 0 Å². The molecule has 0 saturated heterocycles. The molecular formula is C15H16N6OS2. The fourth-order valence-electron chi connectivity index (χ4n) is 2.00. The maximum Gasteiger partial charge on any atom is 0.236 e. The van der Waals surface area contributed by atoms with E-state index in [9.17, 15) is 4.79 Å². The molecule has 0 radical (unpaired) electrons. The summed E-state index contributed by atoms with van der Waals surface area (Å²) in [5.74, 6) is 0.855. The molecule has 3 heterocycles. The SMILES string of the molecule is Cc1nc(NC(=O)CSc2nnc(-c3cccnc3)n2C)sc1C. The van der Waals surface area contributed by atoms with E-state index in [0.717, 1.165) is 22.0 Å². The molecule has 0 unspecified atom stereocenters. The predicted molar refractivity (Wildman–Crippen MR) is 95.2 cm³/mol. The van der Waals surface area contributed by atoms with Gasteiger partial charge in [-0.3, -0.25) is 9.78 Å². The molecular weight excluding hydrogens is 344 g/mol. The van der Waals surface area contributed by atoms with Crippen molar-refractivity contribution >= 4 is 34.1 Å². The molecule has 0 spiro atoms. The number of amides is 1. The molecule has 24 heavy (non-hydrogen) atoms. The lowest BCUT2D eigenvalue weighted by atomic mass is 10.3. The van der Waals surface area contributed by atoms with Gasteiger partial charge in [0.25, 0.3) is 0 Å². The highest BCUT2D eigenvalue weighted by molar-refractivity contribution is 7.99. The van der Waals surface area contributed by atoms with E-state index in [2.05, 4.69) is 25.5 Å². The van der Waals surface area contributed by atoms with Crippen molar-refractivity contribution in [2.75, 3.05) is 11.1 Å². The van der Waals surface area contributed by atoms with Crippen LogP contribution < -0.4 is 5.32 Å². The summed E-state index contributed by atoms with van der Waals surface area (Å²) >= 11 is 2.81. The maximum atomic E-state index is 12.1. The highest BCUT2D eigenvalue weighted by Crippen LogP contribution is 2.23. The van der Waals surface area contributed by atoms with Crippen molar-refractivity contribution in [3.05, 3.63) is 35.1 Å². The molecule has 0 aliphatic carbocycles. The summed E-state index contributed by atoms with van der Waals surface area (Å²) in [6, 6.07) is 3.77. The highest BCUT2D eigenvalue weighted by atomic mass is 32.2. The first-order valence-electron chi connectivity index (χ1n) is 7.21. The second-order valence-electron chi connectivity index (χ2n) is 5.10. The van der Waals surface area contributed by atoms with E-state index in [1.165, 1.54) is 23.1 Å². The van der Waals surface area contributed by atoms with E-state index >= 15 is 0 Å². The highest BCUT2D eigenvalue weighted by Gasteiger charge is 2.14. The first kappa shape index (κ1) is 16.6. The second kappa shape index (κ2) is 7.10. The van der Waals surface area contributed by atoms with Crippen molar-refractivity contribution in [1.29, 1.82) is 0 Å². The zero-order valence-electron chi connectivity index (χ0n) is 13.5. The van der Waals surface area contributed by atoms with Gasteiger partial charge < -0.3 is 9.88 Å². The number of nitrogens with zero attached hydrogens (tertiary/aromatic N) is 5. The number of hydrogen-bond acceptors (Lipinski definition) is 7. The number of thioether (sulfide) groups is 1. The summed E-state index contributed by atoms with van der Waals surface area (Å²) in [4.78, 5) is 21.6. The van der Waals surface area contributed by atoms with E-state index in [0.29, 0.717) is 10.3 Å². The average Bonchev–Trinajstić information content (AvgIpc) is 3.08. The number of hydrogen-bond donors (Lipinski definition) is 1. The van der Waals surface area contributed by atoms with Crippen LogP contribution in [-0.4, -0.2) is 36.4 Å². The molecule has 124 valence electrons. The zero-order valence-corrected chi connectivity index (χ0v) is 15.1. The predicted octanol–water partition coefficient (Wildman–Crippen LogP) is 2.68. The van der Waals surface area contributed by atoms with Gasteiger partial charge in [-0.1, -0.05) is 11.8 Å². The van der Waals surface area contributed by atoms with Gasteiger partial charge in [0.1, 0.15) is 0 Å². The molecule has 0 aliphatic rings. The third kappa shape index (κ3) is 3.62. The van der Waals surface area contributed by atoms with Crippen LogP contribution >= 0.6 is 23.1 Å². The van der Waals surface area contributed by atoms with Gasteiger partial charge in [0.15, 0.2) is 16.1 Å². The van der Waals surface area contributed by atoms with Crippen LogP contribution in [0.5, 0.6) is 0 Å². The number of aryl methyl sites for hydroxylation is 2. The van der Waals surface area contributed by atoms with Gasteiger partial charge in [0.05, 0.1) is 11.4 Å². The van der Waals surface area contributed by atoms with E-state index in [-0.39, 0.29) is 11.7 Å². The minimum Gasteiger partial charge on any atom is -0.305 e. The Kier molecular flexibility index (Phi) is 4.91. The van der Waals surface area contributed by atoms with Crippen molar-refractivity contribution in [2.24, 2.45) is 7.05 Å². The van der Waals surface area contributed by atoms with Crippen LogP contribution in [0.2, 0.25) is 0 Å². The first-order valence-corrected chi connectivity index (χ1v) is 9.01. The molecule has 0 atom stereocenters. The molecule has 1 amide bonds. The third-order valence-corrected chi connectivity index (χ3v) is 5.37. The minimum absolute atomic E-state index is 0.111. The van der Waals surface area contributed by atoms with Crippen LogP contribution in [0.4, 0.5) is 5.13 Å². The Hall–Kier alpha value is -2.26. The number of anilines is 1. The molecule has 3 aromatic heterocycles. The lowest BCUT2D eigenvalue weighted by molar-refractivity contribution is -0.113. The van der Waals surface area contributed by atoms with Crippen LogP contribution in [0.25, 0.3) is 11.4 Å². The molecule has 0 aliphatic heterocycles. The smallest absolute Gasteiger partial charge is 0.236 e. The number of thiazole rings is 1. The molecule has 0 bridgehead atoms. The Bertz CT molecular complexity index is 839. The van der Waals surface area contributed by atoms with Crippen LogP contribution in [0.15, 0.2) is 29.7 Å². The largest absolute Gasteiger partial charge is 0.305 e. The topological polar surface area (TPSA) is 85.6 Å². The number of rotatable bonds is 5. The van der Waals surface area contributed by atoms with Crippen molar-refractivity contribution in [1.82, 2.24) is 24.7 Å². The van der Waals surface area contributed by atoms with E-state index in [1.807, 2.05) is 37.6 Å². The van der Waals surface area contributed by atoms with Gasteiger partial charge in [-0.25, -0.2) is 4.98 Å². The Balaban J connectivity index is 1.63.